The Balaban J connectivity index is 0. The maximum absolute atomic E-state index is 9.00. The third kappa shape index (κ3) is 19.9. The van der Waals surface area contributed by atoms with Crippen LogP contribution in [-0.2, 0) is 4.79 Å². The van der Waals surface area contributed by atoms with Gasteiger partial charge in [-0.3, -0.25) is 4.79 Å². The van der Waals surface area contributed by atoms with Crippen molar-refractivity contribution in [1.82, 2.24) is 0 Å². The van der Waals surface area contributed by atoms with E-state index in [9.17, 15) is 0 Å². The lowest BCUT2D eigenvalue weighted by atomic mass is 9.91. The lowest BCUT2D eigenvalue weighted by molar-refractivity contribution is -0.134. The summed E-state index contributed by atoms with van der Waals surface area (Å²) in [4.78, 5) is 9.00. The molecule has 2 aliphatic rings. The molecule has 128 valence electrons. The number of nitriles is 3. The van der Waals surface area contributed by atoms with Gasteiger partial charge in [-0.15, -0.1) is 0 Å². The molecule has 5 heteroatoms. The fourth-order valence-electron chi connectivity index (χ4n) is 2.46. The number of hydrogen-bond donors (Lipinski definition) is 1. The molecule has 2 fully saturated rings. The monoisotopic (exact) mass is 319 g/mol. The summed E-state index contributed by atoms with van der Waals surface area (Å²) < 4.78 is 0. The normalized spacial score (nSPS) is 17.0. The van der Waals surface area contributed by atoms with Gasteiger partial charge in [-0.25, -0.2) is 0 Å². The molecule has 2 aliphatic carbocycles. The Hall–Kier alpha value is -2.06. The van der Waals surface area contributed by atoms with Crippen LogP contribution < -0.4 is 0 Å². The van der Waals surface area contributed by atoms with Crippen LogP contribution in [0.3, 0.4) is 0 Å². The number of hydrogen-bond acceptors (Lipinski definition) is 4. The predicted octanol–water partition coefficient (Wildman–Crippen LogP) is 4.80. The van der Waals surface area contributed by atoms with Gasteiger partial charge in [0.15, 0.2) is 0 Å². The van der Waals surface area contributed by atoms with Gasteiger partial charge in [0.05, 0.1) is 18.2 Å². The quantitative estimate of drug-likeness (QED) is 0.689. The van der Waals surface area contributed by atoms with E-state index in [-0.39, 0.29) is 0 Å². The minimum Gasteiger partial charge on any atom is -0.481 e. The lowest BCUT2D eigenvalue weighted by Crippen LogP contribution is -2.02. The molecule has 0 radical (unpaired) electrons. The van der Waals surface area contributed by atoms with Crippen molar-refractivity contribution in [1.29, 1.82) is 15.8 Å². The van der Waals surface area contributed by atoms with Crippen LogP contribution in [-0.4, -0.2) is 11.1 Å². The maximum Gasteiger partial charge on any atom is 0.300 e. The van der Waals surface area contributed by atoms with Gasteiger partial charge >= 0.3 is 0 Å². The lowest BCUT2D eigenvalue weighted by Gasteiger charge is -2.13. The molecular weight excluding hydrogens is 290 g/mol. The molecule has 0 aromatic rings. The van der Waals surface area contributed by atoms with E-state index in [2.05, 4.69) is 12.1 Å². The topological polar surface area (TPSA) is 109 Å². The van der Waals surface area contributed by atoms with Crippen molar-refractivity contribution in [3.05, 3.63) is 0 Å². The van der Waals surface area contributed by atoms with E-state index < -0.39 is 5.97 Å². The molecule has 1 N–H and O–H groups in total. The molecule has 0 aromatic carbocycles. The Bertz CT molecular complexity index is 371. The van der Waals surface area contributed by atoms with Crippen molar-refractivity contribution in [2.75, 3.05) is 0 Å². The van der Waals surface area contributed by atoms with Crippen LogP contribution in [0, 0.1) is 45.8 Å². The van der Waals surface area contributed by atoms with Gasteiger partial charge in [-0.2, -0.15) is 15.8 Å². The van der Waals surface area contributed by atoms with Crippen LogP contribution in [0.1, 0.15) is 78.1 Å². The van der Waals surface area contributed by atoms with E-state index >= 15 is 0 Å². The van der Waals surface area contributed by atoms with E-state index in [1.165, 1.54) is 45.4 Å². The van der Waals surface area contributed by atoms with Gasteiger partial charge in [-0.1, -0.05) is 38.5 Å². The van der Waals surface area contributed by atoms with Crippen LogP contribution in [0.15, 0.2) is 0 Å². The second-order valence-corrected chi connectivity index (χ2v) is 5.67. The Kier molecular flexibility index (Phi) is 18.2. The minimum absolute atomic E-state index is 0.392. The smallest absolute Gasteiger partial charge is 0.300 e. The van der Waals surface area contributed by atoms with E-state index in [4.69, 9.17) is 25.7 Å². The summed E-state index contributed by atoms with van der Waals surface area (Å²) in [5.41, 5.74) is 0. The first-order valence-corrected chi connectivity index (χ1v) is 8.31. The number of aliphatic carboxylic acids is 1. The molecule has 0 aromatic heterocycles. The standard InChI is InChI=1S/2C7H11N.C2H3N.C2H4O2/c2*8-6-7-4-2-1-3-5-7;1-2-3;1-2(3)4/h2*7H,1-5H2;1H3;1H3,(H,3,4). The highest BCUT2D eigenvalue weighted by Crippen LogP contribution is 2.22. The first-order chi connectivity index (χ1) is 11.0. The Morgan fingerprint density at radius 2 is 1.04 bits per heavy atom. The largest absolute Gasteiger partial charge is 0.481 e. The summed E-state index contributed by atoms with van der Waals surface area (Å²) in [6, 6.07) is 6.36. The average molecular weight is 319 g/mol. The van der Waals surface area contributed by atoms with Crippen molar-refractivity contribution < 1.29 is 9.90 Å². The molecule has 0 bridgehead atoms. The summed E-state index contributed by atoms with van der Waals surface area (Å²) >= 11 is 0. The number of nitrogens with zero attached hydrogens (tertiary/aromatic N) is 3. The van der Waals surface area contributed by atoms with Crippen molar-refractivity contribution in [2.45, 2.75) is 78.1 Å². The average Bonchev–Trinajstić information content (AvgIpc) is 2.57. The zero-order valence-electron chi connectivity index (χ0n) is 14.4. The van der Waals surface area contributed by atoms with Gasteiger partial charge < -0.3 is 5.11 Å². The van der Waals surface area contributed by atoms with Crippen molar-refractivity contribution in [3.8, 4) is 18.2 Å². The van der Waals surface area contributed by atoms with Gasteiger partial charge in [0.1, 0.15) is 0 Å². The molecule has 5 nitrogen and oxygen atoms in total. The van der Waals surface area contributed by atoms with Crippen LogP contribution in [0.5, 0.6) is 0 Å². The summed E-state index contributed by atoms with van der Waals surface area (Å²) in [6.45, 7) is 2.51. The Morgan fingerprint density at radius 1 is 0.826 bits per heavy atom. The van der Waals surface area contributed by atoms with E-state index in [0.717, 1.165) is 32.6 Å². The highest BCUT2D eigenvalue weighted by molar-refractivity contribution is 5.62. The van der Waals surface area contributed by atoms with E-state index in [1.807, 2.05) is 0 Å². The first-order valence-electron chi connectivity index (χ1n) is 8.31. The third-order valence-corrected chi connectivity index (χ3v) is 3.58. The number of carboxylic acids is 1. The van der Waals surface area contributed by atoms with Gasteiger partial charge in [0, 0.05) is 25.7 Å². The van der Waals surface area contributed by atoms with Crippen LogP contribution >= 0.6 is 0 Å². The minimum atomic E-state index is -0.833. The predicted molar refractivity (Wildman–Crippen MR) is 89.0 cm³/mol. The highest BCUT2D eigenvalue weighted by atomic mass is 16.4. The highest BCUT2D eigenvalue weighted by Gasteiger charge is 2.11. The molecule has 0 spiro atoms. The number of carbonyl (C=O) groups is 1. The summed E-state index contributed by atoms with van der Waals surface area (Å²) in [6.07, 6.45) is 12.4. The molecular formula is C18H29N3O2. The molecule has 0 saturated heterocycles. The Morgan fingerprint density at radius 3 is 1.17 bits per heavy atom. The fourth-order valence-corrected chi connectivity index (χ4v) is 2.46. The third-order valence-electron chi connectivity index (χ3n) is 3.58. The molecule has 2 rings (SSSR count). The molecule has 0 atom stereocenters. The second kappa shape index (κ2) is 18.0. The fraction of sp³-hybridized carbons (Fsp3) is 0.778. The van der Waals surface area contributed by atoms with E-state index in [0.29, 0.717) is 11.8 Å². The van der Waals surface area contributed by atoms with Crippen LogP contribution in [0.25, 0.3) is 0 Å². The van der Waals surface area contributed by atoms with Gasteiger partial charge in [0.2, 0.25) is 0 Å². The number of carboxylic acid groups (broad SMARTS) is 1. The van der Waals surface area contributed by atoms with Gasteiger partial charge in [0.25, 0.3) is 5.97 Å². The first kappa shape index (κ1) is 23.2. The maximum atomic E-state index is 9.00. The zero-order chi connectivity index (χ0) is 17.9. The number of rotatable bonds is 0. The van der Waals surface area contributed by atoms with Gasteiger partial charge in [-0.05, 0) is 25.7 Å². The molecule has 0 aliphatic heterocycles. The summed E-state index contributed by atoms with van der Waals surface area (Å²) in [5, 5.41) is 31.6. The second-order valence-electron chi connectivity index (χ2n) is 5.67. The summed E-state index contributed by atoms with van der Waals surface area (Å²) in [7, 11) is 0. The zero-order valence-corrected chi connectivity index (χ0v) is 14.4. The van der Waals surface area contributed by atoms with Crippen molar-refractivity contribution in [2.24, 2.45) is 11.8 Å². The molecule has 0 unspecified atom stereocenters. The molecule has 0 heterocycles. The molecule has 0 amide bonds. The van der Waals surface area contributed by atoms with E-state index in [1.54, 1.807) is 6.07 Å². The van der Waals surface area contributed by atoms with Crippen molar-refractivity contribution in [3.63, 3.8) is 0 Å². The molecule has 23 heavy (non-hydrogen) atoms. The van der Waals surface area contributed by atoms with Crippen molar-refractivity contribution >= 4 is 5.97 Å². The van der Waals surface area contributed by atoms with Crippen LogP contribution in [0.2, 0.25) is 0 Å². The summed E-state index contributed by atoms with van der Waals surface area (Å²) in [5.74, 6) is -0.0486. The van der Waals surface area contributed by atoms with Crippen LogP contribution in [0.4, 0.5) is 0 Å². The Labute approximate surface area is 140 Å². The molecule has 2 saturated carbocycles. The SMILES string of the molecule is CC#N.CC(=O)O.N#CC1CCCCC1.N#CC1CCCCC1.